The van der Waals surface area contributed by atoms with E-state index in [-0.39, 0.29) is 23.3 Å². The van der Waals surface area contributed by atoms with E-state index in [2.05, 4.69) is 0 Å². The van der Waals surface area contributed by atoms with Crippen LogP contribution in [0.5, 0.6) is 0 Å². The van der Waals surface area contributed by atoms with Crippen molar-refractivity contribution in [3.8, 4) is 0 Å². The topological polar surface area (TPSA) is 63.7 Å². The van der Waals surface area contributed by atoms with Gasteiger partial charge in [0.15, 0.2) is 0 Å². The van der Waals surface area contributed by atoms with Gasteiger partial charge in [0.2, 0.25) is 10.0 Å². The van der Waals surface area contributed by atoms with E-state index in [9.17, 15) is 13.2 Å². The van der Waals surface area contributed by atoms with Crippen LogP contribution >= 0.6 is 0 Å². The molecule has 0 N–H and O–H groups in total. The first-order chi connectivity index (χ1) is 10.1. The van der Waals surface area contributed by atoms with E-state index >= 15 is 0 Å². The molecule has 5 nitrogen and oxygen atoms in total. The van der Waals surface area contributed by atoms with Gasteiger partial charge in [0.05, 0.1) is 10.8 Å². The third-order valence-corrected chi connectivity index (χ3v) is 5.43. The maximum Gasteiger partial charge on any atom is 0.310 e. The summed E-state index contributed by atoms with van der Waals surface area (Å²) in [7, 11) is -3.54. The molecule has 1 atom stereocenters. The van der Waals surface area contributed by atoms with Crippen LogP contribution in [0.4, 0.5) is 0 Å². The molecule has 1 aliphatic heterocycles. The molecule has 1 aromatic carbocycles. The summed E-state index contributed by atoms with van der Waals surface area (Å²) in [6.07, 6.45) is 0.500. The summed E-state index contributed by atoms with van der Waals surface area (Å²) in [4.78, 5) is 12.3. The van der Waals surface area contributed by atoms with Crippen molar-refractivity contribution >= 4 is 16.0 Å². The molecule has 0 spiro atoms. The SMILES string of the molecule is Cc1ccc(S(=O)(=O)N2CCC(C(=O)OC(C)(C)C)C2)cc1. The number of aryl methyl sites for hydroxylation is 1. The quantitative estimate of drug-likeness (QED) is 0.800. The van der Waals surface area contributed by atoms with Crippen molar-refractivity contribution in [2.24, 2.45) is 5.92 Å². The lowest BCUT2D eigenvalue weighted by Crippen LogP contribution is -2.33. The fourth-order valence-electron chi connectivity index (χ4n) is 2.38. The van der Waals surface area contributed by atoms with Gasteiger partial charge < -0.3 is 4.74 Å². The standard InChI is InChI=1S/C16H23NO4S/c1-12-5-7-14(8-6-12)22(19,20)17-10-9-13(11-17)15(18)21-16(2,3)4/h5-8,13H,9-11H2,1-4H3. The van der Waals surface area contributed by atoms with Crippen molar-refractivity contribution in [3.63, 3.8) is 0 Å². The van der Waals surface area contributed by atoms with Crippen LogP contribution in [0, 0.1) is 12.8 Å². The van der Waals surface area contributed by atoms with E-state index in [4.69, 9.17) is 4.74 Å². The van der Waals surface area contributed by atoms with Gasteiger partial charge in [-0.05, 0) is 46.2 Å². The zero-order chi connectivity index (χ0) is 16.5. The normalized spacial score (nSPS) is 20.1. The van der Waals surface area contributed by atoms with Crippen molar-refractivity contribution < 1.29 is 17.9 Å². The minimum Gasteiger partial charge on any atom is -0.460 e. The number of carbonyl (C=O) groups is 1. The van der Waals surface area contributed by atoms with E-state index in [0.29, 0.717) is 13.0 Å². The molecule has 1 saturated heterocycles. The zero-order valence-electron chi connectivity index (χ0n) is 13.5. The number of rotatable bonds is 3. The molecule has 122 valence electrons. The van der Waals surface area contributed by atoms with Gasteiger partial charge in [-0.3, -0.25) is 4.79 Å². The average molecular weight is 325 g/mol. The number of carbonyl (C=O) groups excluding carboxylic acids is 1. The summed E-state index contributed by atoms with van der Waals surface area (Å²) in [6.45, 7) is 7.86. The molecule has 1 heterocycles. The zero-order valence-corrected chi connectivity index (χ0v) is 14.3. The molecular weight excluding hydrogens is 302 g/mol. The smallest absolute Gasteiger partial charge is 0.310 e. The summed E-state index contributed by atoms with van der Waals surface area (Å²) >= 11 is 0. The largest absolute Gasteiger partial charge is 0.460 e. The summed E-state index contributed by atoms with van der Waals surface area (Å²) in [5.41, 5.74) is 0.451. The van der Waals surface area contributed by atoms with Gasteiger partial charge in [-0.25, -0.2) is 8.42 Å². The number of nitrogens with zero attached hydrogens (tertiary/aromatic N) is 1. The Balaban J connectivity index is 2.09. The number of hydrogen-bond donors (Lipinski definition) is 0. The Morgan fingerprint density at radius 3 is 2.36 bits per heavy atom. The maximum absolute atomic E-state index is 12.6. The van der Waals surface area contributed by atoms with Crippen molar-refractivity contribution in [1.29, 1.82) is 0 Å². The summed E-state index contributed by atoms with van der Waals surface area (Å²) in [5, 5.41) is 0. The van der Waals surface area contributed by atoms with Crippen LogP contribution in [-0.4, -0.2) is 37.4 Å². The van der Waals surface area contributed by atoms with E-state index in [0.717, 1.165) is 5.56 Å². The highest BCUT2D eigenvalue weighted by molar-refractivity contribution is 7.89. The maximum atomic E-state index is 12.6. The first kappa shape index (κ1) is 17.0. The van der Waals surface area contributed by atoms with Gasteiger partial charge in [-0.1, -0.05) is 17.7 Å². The van der Waals surface area contributed by atoms with E-state index < -0.39 is 15.6 Å². The fourth-order valence-corrected chi connectivity index (χ4v) is 3.88. The highest BCUT2D eigenvalue weighted by Gasteiger charge is 2.37. The lowest BCUT2D eigenvalue weighted by molar-refractivity contribution is -0.159. The second-order valence-corrected chi connectivity index (χ2v) is 8.63. The van der Waals surface area contributed by atoms with E-state index in [1.165, 1.54) is 4.31 Å². The second kappa shape index (κ2) is 6.01. The number of ether oxygens (including phenoxy) is 1. The number of hydrogen-bond acceptors (Lipinski definition) is 4. The van der Waals surface area contributed by atoms with Gasteiger partial charge in [-0.2, -0.15) is 4.31 Å². The Labute approximate surface area is 132 Å². The molecule has 1 unspecified atom stereocenters. The van der Waals surface area contributed by atoms with Crippen molar-refractivity contribution in [2.75, 3.05) is 13.1 Å². The second-order valence-electron chi connectivity index (χ2n) is 6.70. The lowest BCUT2D eigenvalue weighted by atomic mass is 10.1. The van der Waals surface area contributed by atoms with Crippen LogP contribution in [0.2, 0.25) is 0 Å². The summed E-state index contributed by atoms with van der Waals surface area (Å²) in [5.74, 6) is -0.714. The monoisotopic (exact) mass is 325 g/mol. The summed E-state index contributed by atoms with van der Waals surface area (Å²) < 4.78 is 31.9. The highest BCUT2D eigenvalue weighted by Crippen LogP contribution is 2.26. The summed E-state index contributed by atoms with van der Waals surface area (Å²) in [6, 6.07) is 6.75. The van der Waals surface area contributed by atoms with Crippen LogP contribution in [0.25, 0.3) is 0 Å². The molecule has 1 aromatic rings. The number of sulfonamides is 1. The molecule has 0 radical (unpaired) electrons. The van der Waals surface area contributed by atoms with Crippen molar-refractivity contribution in [2.45, 2.75) is 44.6 Å². The molecule has 22 heavy (non-hydrogen) atoms. The Bertz CT molecular complexity index is 644. The first-order valence-electron chi connectivity index (χ1n) is 7.39. The van der Waals surface area contributed by atoms with Crippen molar-refractivity contribution in [3.05, 3.63) is 29.8 Å². The van der Waals surface area contributed by atoms with Crippen LogP contribution < -0.4 is 0 Å². The lowest BCUT2D eigenvalue weighted by Gasteiger charge is -2.22. The van der Waals surface area contributed by atoms with Gasteiger partial charge >= 0.3 is 5.97 Å². The van der Waals surface area contributed by atoms with Gasteiger partial charge in [0, 0.05) is 13.1 Å². The molecule has 0 aliphatic carbocycles. The van der Waals surface area contributed by atoms with Crippen LogP contribution in [-0.2, 0) is 19.6 Å². The minimum atomic E-state index is -3.54. The van der Waals surface area contributed by atoms with Crippen LogP contribution in [0.15, 0.2) is 29.2 Å². The number of esters is 1. The Hall–Kier alpha value is -1.40. The van der Waals surface area contributed by atoms with E-state index in [1.54, 1.807) is 45.0 Å². The fraction of sp³-hybridized carbons (Fsp3) is 0.562. The van der Waals surface area contributed by atoms with E-state index in [1.807, 2.05) is 6.92 Å². The third kappa shape index (κ3) is 3.87. The Morgan fingerprint density at radius 1 is 1.23 bits per heavy atom. The third-order valence-electron chi connectivity index (χ3n) is 3.55. The van der Waals surface area contributed by atoms with Crippen LogP contribution in [0.3, 0.4) is 0 Å². The highest BCUT2D eigenvalue weighted by atomic mass is 32.2. The molecule has 0 bridgehead atoms. The first-order valence-corrected chi connectivity index (χ1v) is 8.83. The molecule has 0 amide bonds. The molecule has 2 rings (SSSR count). The Kier molecular flexibility index (Phi) is 4.63. The van der Waals surface area contributed by atoms with Gasteiger partial charge in [0.25, 0.3) is 0 Å². The average Bonchev–Trinajstić information content (AvgIpc) is 2.87. The van der Waals surface area contributed by atoms with Gasteiger partial charge in [0.1, 0.15) is 5.60 Å². The molecule has 6 heteroatoms. The molecule has 0 aromatic heterocycles. The number of benzene rings is 1. The van der Waals surface area contributed by atoms with Crippen molar-refractivity contribution in [1.82, 2.24) is 4.31 Å². The molecule has 0 saturated carbocycles. The minimum absolute atomic E-state index is 0.186. The van der Waals surface area contributed by atoms with Crippen LogP contribution in [0.1, 0.15) is 32.8 Å². The molecular formula is C16H23NO4S. The molecule has 1 fully saturated rings. The van der Waals surface area contributed by atoms with Gasteiger partial charge in [-0.15, -0.1) is 0 Å². The molecule has 1 aliphatic rings. The Morgan fingerprint density at radius 2 is 1.82 bits per heavy atom. The predicted molar refractivity (Wildman–Crippen MR) is 83.9 cm³/mol. The predicted octanol–water partition coefficient (Wildman–Crippen LogP) is 2.35.